The average Bonchev–Trinajstić information content (AvgIpc) is 3.39. The zero-order valence-corrected chi connectivity index (χ0v) is 18.9. The summed E-state index contributed by atoms with van der Waals surface area (Å²) in [5.74, 6) is -1.02. The lowest BCUT2D eigenvalue weighted by Crippen LogP contribution is -2.60. The van der Waals surface area contributed by atoms with Crippen molar-refractivity contribution < 1.29 is 29.0 Å². The zero-order valence-electron chi connectivity index (χ0n) is 18.9. The van der Waals surface area contributed by atoms with Gasteiger partial charge in [0.15, 0.2) is 12.0 Å². The number of benzene rings is 2. The Kier molecular flexibility index (Phi) is 5.86. The van der Waals surface area contributed by atoms with Crippen LogP contribution in [0.2, 0.25) is 0 Å². The van der Waals surface area contributed by atoms with E-state index in [1.807, 2.05) is 0 Å². The molecule has 0 bridgehead atoms. The molecule has 3 aromatic rings. The van der Waals surface area contributed by atoms with Crippen LogP contribution in [0.3, 0.4) is 0 Å². The Morgan fingerprint density at radius 2 is 2.00 bits per heavy atom. The number of fused-ring (bicyclic) bond motifs is 2. The Hall–Kier alpha value is -3.98. The van der Waals surface area contributed by atoms with E-state index in [0.29, 0.717) is 29.3 Å². The van der Waals surface area contributed by atoms with Crippen molar-refractivity contribution >= 4 is 28.5 Å². The first kappa shape index (κ1) is 22.8. The van der Waals surface area contributed by atoms with E-state index in [1.54, 1.807) is 36.4 Å². The number of nitrogens with one attached hydrogen (secondary N) is 2. The molecule has 180 valence electrons. The lowest BCUT2D eigenvalue weighted by Gasteiger charge is -2.30. The van der Waals surface area contributed by atoms with Crippen LogP contribution < -0.4 is 15.4 Å². The fourth-order valence-electron chi connectivity index (χ4n) is 5.00. The molecule has 2 aliphatic rings. The van der Waals surface area contributed by atoms with Crippen LogP contribution in [0.1, 0.15) is 35.2 Å². The summed E-state index contributed by atoms with van der Waals surface area (Å²) in [4.78, 5) is 39.2. The third kappa shape index (κ3) is 4.30. The average molecular weight is 476 g/mol. The maximum Gasteiger partial charge on any atom is 0.251 e. The van der Waals surface area contributed by atoms with Crippen LogP contribution in [0.4, 0.5) is 0 Å². The van der Waals surface area contributed by atoms with Gasteiger partial charge in [-0.3, -0.25) is 14.4 Å². The van der Waals surface area contributed by atoms with E-state index in [0.717, 1.165) is 16.7 Å². The molecule has 2 aromatic carbocycles. The van der Waals surface area contributed by atoms with Gasteiger partial charge in [0.1, 0.15) is 23.9 Å². The summed E-state index contributed by atoms with van der Waals surface area (Å²) in [6.45, 7) is -0.0310. The van der Waals surface area contributed by atoms with Gasteiger partial charge in [-0.05, 0) is 55.2 Å². The molecule has 1 saturated heterocycles. The highest BCUT2D eigenvalue weighted by atomic mass is 16.5. The van der Waals surface area contributed by atoms with E-state index in [2.05, 4.69) is 10.6 Å². The molecule has 3 unspecified atom stereocenters. The van der Waals surface area contributed by atoms with Gasteiger partial charge >= 0.3 is 0 Å². The van der Waals surface area contributed by atoms with Gasteiger partial charge in [0.2, 0.25) is 11.4 Å². The van der Waals surface area contributed by atoms with E-state index in [4.69, 9.17) is 4.74 Å². The Balaban J connectivity index is 1.40. The Labute approximate surface area is 201 Å². The quantitative estimate of drug-likeness (QED) is 0.366. The van der Waals surface area contributed by atoms with Crippen molar-refractivity contribution in [1.29, 1.82) is 0 Å². The number of nitrogens with zero attached hydrogens (tertiary/aromatic N) is 1. The Morgan fingerprint density at radius 3 is 2.80 bits per heavy atom. The van der Waals surface area contributed by atoms with E-state index in [9.17, 15) is 24.7 Å². The summed E-state index contributed by atoms with van der Waals surface area (Å²) in [6.07, 6.45) is 3.14. The van der Waals surface area contributed by atoms with Crippen LogP contribution in [0.15, 0.2) is 60.8 Å². The van der Waals surface area contributed by atoms with Gasteiger partial charge in [-0.1, -0.05) is 12.1 Å². The van der Waals surface area contributed by atoms with E-state index in [-0.39, 0.29) is 30.7 Å². The van der Waals surface area contributed by atoms with Crippen LogP contribution >= 0.6 is 0 Å². The molecule has 9 heteroatoms. The predicted molar refractivity (Wildman–Crippen MR) is 125 cm³/mol. The molecule has 3 N–H and O–H groups in total. The van der Waals surface area contributed by atoms with Crippen molar-refractivity contribution in [2.24, 2.45) is 0 Å². The first-order valence-electron chi connectivity index (χ1n) is 11.5. The number of carbonyl (C=O) groups excluding carboxylic acids is 3. The summed E-state index contributed by atoms with van der Waals surface area (Å²) < 4.78 is 6.32. The number of aromatic nitrogens is 1. The topological polar surface area (TPSA) is 132 Å². The molecule has 2 fully saturated rings. The number of hydrogen-bond acceptors (Lipinski definition) is 6. The monoisotopic (exact) mass is 475 g/mol. The maximum absolute atomic E-state index is 13.4. The molecule has 0 spiro atoms. The summed E-state index contributed by atoms with van der Waals surface area (Å²) in [6, 6.07) is 13.4. The van der Waals surface area contributed by atoms with Gasteiger partial charge in [-0.25, -0.2) is 0 Å². The van der Waals surface area contributed by atoms with Gasteiger partial charge in [-0.2, -0.15) is 4.73 Å². The summed E-state index contributed by atoms with van der Waals surface area (Å²) in [5.41, 5.74) is 0.390. The predicted octanol–water partition coefficient (Wildman–Crippen LogP) is 1.53. The van der Waals surface area contributed by atoms with Crippen molar-refractivity contribution in [2.45, 2.75) is 43.4 Å². The minimum atomic E-state index is -1.06. The normalized spacial score (nSPS) is 22.1. The molecule has 1 aromatic heterocycles. The number of pyridine rings is 1. The number of aromatic hydroxyl groups is 1. The molecule has 3 atom stereocenters. The highest BCUT2D eigenvalue weighted by Crippen LogP contribution is 2.37. The fraction of sp³-hybridized carbons (Fsp3) is 0.308. The van der Waals surface area contributed by atoms with Crippen LogP contribution in [0.5, 0.6) is 5.75 Å². The third-order valence-electron chi connectivity index (χ3n) is 6.87. The van der Waals surface area contributed by atoms with E-state index >= 15 is 0 Å². The van der Waals surface area contributed by atoms with Crippen molar-refractivity contribution in [3.8, 4) is 5.75 Å². The zero-order chi connectivity index (χ0) is 24.6. The smallest absolute Gasteiger partial charge is 0.251 e. The molecule has 5 rings (SSSR count). The second kappa shape index (κ2) is 8.99. The molecule has 1 aliphatic carbocycles. The molecule has 35 heavy (non-hydrogen) atoms. The largest absolute Gasteiger partial charge is 0.618 e. The van der Waals surface area contributed by atoms with Gasteiger partial charge in [0.25, 0.3) is 5.91 Å². The number of rotatable bonds is 6. The highest BCUT2D eigenvalue weighted by Gasteiger charge is 2.55. The summed E-state index contributed by atoms with van der Waals surface area (Å²) >= 11 is 0. The minimum absolute atomic E-state index is 0.0310. The van der Waals surface area contributed by atoms with Crippen LogP contribution in [-0.4, -0.2) is 47.0 Å². The van der Waals surface area contributed by atoms with Gasteiger partial charge in [0.05, 0.1) is 6.10 Å². The first-order valence-corrected chi connectivity index (χ1v) is 11.5. The van der Waals surface area contributed by atoms with Crippen LogP contribution in [-0.2, 0) is 20.7 Å². The molecule has 0 radical (unpaired) electrons. The maximum atomic E-state index is 13.4. The Bertz CT molecular complexity index is 1310. The van der Waals surface area contributed by atoms with Crippen LogP contribution in [0.25, 0.3) is 10.9 Å². The number of phenols is 1. The van der Waals surface area contributed by atoms with Crippen LogP contribution in [0, 0.1) is 5.21 Å². The highest BCUT2D eigenvalue weighted by molar-refractivity contribution is 6.01. The van der Waals surface area contributed by atoms with Gasteiger partial charge in [-0.15, -0.1) is 0 Å². The summed E-state index contributed by atoms with van der Waals surface area (Å²) in [7, 11) is 0. The summed E-state index contributed by atoms with van der Waals surface area (Å²) in [5, 5.41) is 27.8. The standard InChI is InChI=1S/C26H25N3O6/c30-19-8-5-16(6-9-19)13-20(25(33)28-26-11-1-4-23(26)35-15-22(26)31)27-24(32)18-7-10-21-17(14-18)3-2-12-29(21)34/h2-3,5-10,12,14,20,23,30H,1,4,11,13,15H2,(H,27,32)(H,28,33). The minimum Gasteiger partial charge on any atom is -0.618 e. The van der Waals surface area contributed by atoms with Gasteiger partial charge in [0, 0.05) is 29.5 Å². The second-order valence-electron chi connectivity index (χ2n) is 9.08. The number of amides is 2. The van der Waals surface area contributed by atoms with Crippen molar-refractivity contribution in [1.82, 2.24) is 10.6 Å². The fourth-order valence-corrected chi connectivity index (χ4v) is 5.00. The van der Waals surface area contributed by atoms with Crippen molar-refractivity contribution in [3.63, 3.8) is 0 Å². The van der Waals surface area contributed by atoms with Crippen molar-refractivity contribution in [3.05, 3.63) is 77.1 Å². The molecule has 2 heterocycles. The third-order valence-corrected chi connectivity index (χ3v) is 6.87. The number of Topliss-reactive ketones (excluding diaryl/α,β-unsaturated/α-hetero) is 1. The SMILES string of the molecule is O=C(NC(Cc1ccc(O)cc1)C(=O)NC12CCCC1OCC2=O)c1ccc2c(ccc[n+]2[O-])c1. The number of ether oxygens (including phenoxy) is 1. The number of hydrogen-bond donors (Lipinski definition) is 3. The number of ketones is 1. The van der Waals surface area contributed by atoms with Gasteiger partial charge < -0.3 is 25.7 Å². The molecule has 1 aliphatic heterocycles. The molecule has 9 nitrogen and oxygen atoms in total. The molecular weight excluding hydrogens is 450 g/mol. The number of carbonyl (C=O) groups is 3. The Morgan fingerprint density at radius 1 is 1.20 bits per heavy atom. The van der Waals surface area contributed by atoms with E-state index < -0.39 is 23.4 Å². The van der Waals surface area contributed by atoms with Crippen molar-refractivity contribution in [2.75, 3.05) is 6.61 Å². The lowest BCUT2D eigenvalue weighted by atomic mass is 9.91. The molecule has 2 amide bonds. The first-order chi connectivity index (χ1) is 16.9. The lowest BCUT2D eigenvalue weighted by molar-refractivity contribution is -0.577. The second-order valence-corrected chi connectivity index (χ2v) is 9.08. The molecule has 1 saturated carbocycles. The number of phenolic OH excluding ortho intramolecular Hbond substituents is 1. The molecular formula is C26H25N3O6. The van der Waals surface area contributed by atoms with E-state index in [1.165, 1.54) is 24.4 Å².